The molecule has 6 rings (SSSR count). The molecule has 0 saturated heterocycles. The normalized spacial score (nSPS) is 12.0. The van der Waals surface area contributed by atoms with Crippen molar-refractivity contribution in [2.24, 2.45) is 20.5 Å². The molecule has 7 N–H and O–H groups in total. The van der Waals surface area contributed by atoms with Crippen molar-refractivity contribution in [2.45, 2.75) is 26.8 Å². The third-order valence-corrected chi connectivity index (χ3v) is 13.7. The largest absolute Gasteiger partial charge is 0.506 e. The molecule has 72 heavy (non-hydrogen) atoms. The van der Waals surface area contributed by atoms with Gasteiger partial charge in [0.05, 0.1) is 49.3 Å². The molecule has 0 saturated carbocycles. The number of phenols is 2. The standard InChI is InChI=1S/C39H37N9O18S5.Cu/c1-4-48(23-6-5-7-25(16-23)69(54,55)13-12-64-71(59,60)61)38-41-37(42-39(43-38)67-20-34(50)51)40-22-8-10-26-21(14-22)15-33(70(56,57)58)35(36(26)52)47-45-28-19-32(63-3)31(62-2)18-27(28)44-46-29-17-24(68-66-65-53)9-11-30(29)49;/h5-11,14-19,49,52-53H,4,12-13,20H2,1-3H3,(H,50,51)(H,56,57,58)(H,59,60,61)(H,40,41,42,43);. The molecule has 0 unspecified atom stereocenters. The van der Waals surface area contributed by atoms with E-state index in [1.807, 2.05) is 0 Å². The number of carbonyl (C=O) groups is 1. The van der Waals surface area contributed by atoms with E-state index in [2.05, 4.69) is 54.3 Å². The average molecular weight is 1140 g/mol. The van der Waals surface area contributed by atoms with Crippen LogP contribution in [0.15, 0.2) is 119 Å². The van der Waals surface area contributed by atoms with Crippen LogP contribution >= 0.6 is 23.8 Å². The maximum Gasteiger partial charge on any atom is 0.397 e. The molecular formula is C39H37CuN9O18S5. The number of thioether (sulfide) groups is 1. The van der Waals surface area contributed by atoms with E-state index in [9.17, 15) is 49.9 Å². The zero-order valence-corrected chi connectivity index (χ0v) is 41.9. The van der Waals surface area contributed by atoms with Crippen molar-refractivity contribution < 1.29 is 99.8 Å². The van der Waals surface area contributed by atoms with E-state index < -0.39 is 70.8 Å². The maximum absolute atomic E-state index is 13.0. The van der Waals surface area contributed by atoms with Gasteiger partial charge < -0.3 is 35.0 Å². The number of fused-ring (bicyclic) bond motifs is 1. The summed E-state index contributed by atoms with van der Waals surface area (Å²) in [6.07, 6.45) is 0. The number of azo groups is 2. The number of carboxylic acid groups (broad SMARTS) is 1. The van der Waals surface area contributed by atoms with Crippen molar-refractivity contribution in [1.82, 2.24) is 15.0 Å². The Morgan fingerprint density at radius 2 is 1.50 bits per heavy atom. The van der Waals surface area contributed by atoms with Crippen LogP contribution in [0.5, 0.6) is 23.0 Å². The van der Waals surface area contributed by atoms with Gasteiger partial charge in [-0.25, -0.2) is 17.9 Å². The number of anilines is 4. The first-order valence-electron chi connectivity index (χ1n) is 19.6. The molecule has 0 bridgehead atoms. The van der Waals surface area contributed by atoms with Crippen molar-refractivity contribution >= 4 is 117 Å². The van der Waals surface area contributed by atoms with Gasteiger partial charge in [-0.2, -0.15) is 31.8 Å². The van der Waals surface area contributed by atoms with Gasteiger partial charge >= 0.3 is 16.4 Å². The Hall–Kier alpha value is -6.33. The van der Waals surface area contributed by atoms with Crippen molar-refractivity contribution in [1.29, 1.82) is 0 Å². The Labute approximate surface area is 427 Å². The Bertz CT molecular complexity index is 3400. The molecule has 387 valence electrons. The van der Waals surface area contributed by atoms with Gasteiger partial charge in [0.15, 0.2) is 32.2 Å². The number of nitrogens with one attached hydrogen (secondary N) is 1. The number of benzene rings is 5. The van der Waals surface area contributed by atoms with Gasteiger partial charge in [-0.05, 0) is 73.0 Å². The third-order valence-electron chi connectivity index (χ3n) is 9.25. The van der Waals surface area contributed by atoms with Crippen LogP contribution in [0.25, 0.3) is 10.8 Å². The summed E-state index contributed by atoms with van der Waals surface area (Å²) in [5.74, 6) is -3.54. The predicted molar refractivity (Wildman–Crippen MR) is 252 cm³/mol. The Balaban J connectivity index is 0.00000963. The minimum atomic E-state index is -5.16. The summed E-state index contributed by atoms with van der Waals surface area (Å²) in [6, 6.07) is 17.2. The molecule has 0 aliphatic rings. The summed E-state index contributed by atoms with van der Waals surface area (Å²) in [5, 5.41) is 62.6. The first-order valence-corrected chi connectivity index (χ1v) is 25.8. The van der Waals surface area contributed by atoms with Gasteiger partial charge in [-0.15, -0.1) is 24.8 Å². The number of aromatic hydroxyl groups is 2. The molecule has 0 amide bonds. The number of hydrogen-bond donors (Lipinski definition) is 7. The van der Waals surface area contributed by atoms with Crippen molar-refractivity contribution in [3.05, 3.63) is 78.9 Å². The SMILES string of the molecule is CCN(c1cccc(S(=O)(=O)CCOS(=O)(=O)O)c1)c1nc(Nc2ccc3c(O)c(N=Nc4cc(OC)c(OC)cc4N=Nc4cc(SOOO)ccc4O)c(S(=O)(=O)O)cc3c2)nc(SCC(=O)O)n1.[Cu]. The molecule has 1 aromatic heterocycles. The van der Waals surface area contributed by atoms with Crippen LogP contribution in [0.2, 0.25) is 0 Å². The summed E-state index contributed by atoms with van der Waals surface area (Å²) < 4.78 is 112. The number of aromatic nitrogens is 3. The van der Waals surface area contributed by atoms with E-state index in [0.29, 0.717) is 16.9 Å². The fourth-order valence-corrected chi connectivity index (χ4v) is 9.26. The smallest absolute Gasteiger partial charge is 0.397 e. The molecule has 0 fully saturated rings. The Morgan fingerprint density at radius 3 is 2.12 bits per heavy atom. The Kier molecular flexibility index (Phi) is 19.2. The van der Waals surface area contributed by atoms with Crippen LogP contribution in [0.4, 0.5) is 46.0 Å². The second-order valence-electron chi connectivity index (χ2n) is 13.8. The average Bonchev–Trinajstić information content (AvgIpc) is 3.31. The summed E-state index contributed by atoms with van der Waals surface area (Å²) in [6.45, 7) is 0.930. The predicted octanol–water partition coefficient (Wildman–Crippen LogP) is 7.63. The molecule has 0 aliphatic carbocycles. The maximum atomic E-state index is 13.0. The molecule has 0 aliphatic heterocycles. The van der Waals surface area contributed by atoms with E-state index in [4.69, 9.17) is 19.3 Å². The van der Waals surface area contributed by atoms with Gasteiger partial charge in [-0.3, -0.25) is 13.9 Å². The summed E-state index contributed by atoms with van der Waals surface area (Å²) in [7, 11) is -11.6. The molecule has 5 aromatic carbocycles. The number of rotatable bonds is 23. The molecular weight excluding hydrogens is 1110 g/mol. The van der Waals surface area contributed by atoms with E-state index in [1.54, 1.807) is 6.92 Å². The van der Waals surface area contributed by atoms with Gasteiger partial charge in [0.2, 0.25) is 11.9 Å². The molecule has 33 heteroatoms. The van der Waals surface area contributed by atoms with Crippen LogP contribution in [0, 0.1) is 0 Å². The zero-order chi connectivity index (χ0) is 51.7. The fourth-order valence-electron chi connectivity index (χ4n) is 6.14. The van der Waals surface area contributed by atoms with E-state index in [0.717, 1.165) is 17.8 Å². The number of phenolic OH excluding ortho intramolecular Hbond substituents is 2. The first kappa shape index (κ1) is 56.6. The Morgan fingerprint density at radius 1 is 0.819 bits per heavy atom. The topological polar surface area (TPSA) is 390 Å². The van der Waals surface area contributed by atoms with Crippen LogP contribution in [0.3, 0.4) is 0 Å². The van der Waals surface area contributed by atoms with Crippen LogP contribution < -0.4 is 19.7 Å². The number of carboxylic acids is 1. The summed E-state index contributed by atoms with van der Waals surface area (Å²) >= 11 is 1.31. The molecule has 1 radical (unpaired) electrons. The van der Waals surface area contributed by atoms with E-state index in [-0.39, 0.29) is 102 Å². The molecule has 6 aromatic rings. The number of sulfone groups is 1. The van der Waals surface area contributed by atoms with Crippen LogP contribution in [-0.2, 0) is 65.8 Å². The van der Waals surface area contributed by atoms with Gasteiger partial charge in [-0.1, -0.05) is 22.9 Å². The first-order chi connectivity index (χ1) is 33.6. The minimum Gasteiger partial charge on any atom is -0.506 e. The van der Waals surface area contributed by atoms with Crippen LogP contribution in [-0.4, -0.2) is 115 Å². The minimum absolute atomic E-state index is 0. The molecule has 0 spiro atoms. The van der Waals surface area contributed by atoms with Gasteiger partial charge in [0.1, 0.15) is 33.4 Å². The number of ether oxygens (including phenoxy) is 2. The fraction of sp³-hybridized carbons (Fsp3) is 0.179. The van der Waals surface area contributed by atoms with E-state index >= 15 is 0 Å². The number of methoxy groups -OCH3 is 2. The number of nitrogens with zero attached hydrogens (tertiary/aromatic N) is 8. The second kappa shape index (κ2) is 24.4. The van der Waals surface area contributed by atoms with Crippen molar-refractivity contribution in [3.8, 4) is 23.0 Å². The summed E-state index contributed by atoms with van der Waals surface area (Å²) in [4.78, 5) is 25.3. The van der Waals surface area contributed by atoms with Crippen molar-refractivity contribution in [3.63, 3.8) is 0 Å². The quantitative estimate of drug-likeness (QED) is 0.00616. The monoisotopic (exact) mass is 1140 g/mol. The van der Waals surface area contributed by atoms with Gasteiger partial charge in [0.25, 0.3) is 10.1 Å². The molecule has 1 heterocycles. The number of hydrogen-bond acceptors (Lipinski definition) is 26. The van der Waals surface area contributed by atoms with Crippen molar-refractivity contribution in [2.75, 3.05) is 49.1 Å². The number of aliphatic carboxylic acids is 1. The van der Waals surface area contributed by atoms with Crippen LogP contribution in [0.1, 0.15) is 6.92 Å². The molecule has 27 nitrogen and oxygen atoms in total. The van der Waals surface area contributed by atoms with E-state index in [1.165, 1.54) is 91.9 Å². The zero-order valence-electron chi connectivity index (χ0n) is 36.8. The second-order valence-corrected chi connectivity index (χ2v) is 20.1. The van der Waals surface area contributed by atoms with Gasteiger partial charge in [0, 0.05) is 57.4 Å². The third kappa shape index (κ3) is 14.6. The summed E-state index contributed by atoms with van der Waals surface area (Å²) in [5.41, 5.74) is -0.569. The molecule has 0 atom stereocenters.